The molecule has 3 heterocycles. The molecule has 3 saturated heterocycles. The molecular weight excluding hydrogens is 798 g/mol. The number of fused-ring (bicyclic) bond motifs is 2. The Kier molecular flexibility index (Phi) is 17.0. The molecule has 3 fully saturated rings. The van der Waals surface area contributed by atoms with Crippen molar-refractivity contribution in [2.75, 3.05) is 32.8 Å². The van der Waals surface area contributed by atoms with Crippen molar-refractivity contribution in [3.63, 3.8) is 0 Å². The van der Waals surface area contributed by atoms with Crippen molar-refractivity contribution >= 4 is 35.4 Å². The number of amides is 6. The molecule has 24 nitrogen and oxygen atoms in total. The standard InChI is InChI=1S/C36H57N9O15/c1-15(46)24-35(58)45-14-18(48)12-20(45)31(55)42-26(29(53)28(52)16-2-4-17(47)5-3-16)32(56)41-25(21(49)6-8-37)36(59)44-10-7-22(50)27(44)33(57)43-34(60-11-9-38)23(51)13-19(39)30(54)40-24/h2-5,15,18-29,34,46-53H,6-14,37-39H2,1H3,(H,40,54)(H,41,56)(H,42,55)(H,43,57)/t15-,18-,19+,20+,21-,22+,23-,24+,25+,26+,27+,28+,29+,34-/m1/s1. The number of phenolic OH excluding ortho intramolecular Hbond substituents is 1. The van der Waals surface area contributed by atoms with E-state index >= 15 is 0 Å². The van der Waals surface area contributed by atoms with E-state index in [2.05, 4.69) is 21.3 Å². The molecule has 0 saturated carbocycles. The van der Waals surface area contributed by atoms with Crippen LogP contribution in [0.1, 0.15) is 44.3 Å². The molecule has 0 spiro atoms. The second-order valence-corrected chi connectivity index (χ2v) is 15.1. The van der Waals surface area contributed by atoms with E-state index in [-0.39, 0.29) is 50.4 Å². The lowest BCUT2D eigenvalue weighted by Crippen LogP contribution is -2.64. The lowest BCUT2D eigenvalue weighted by Gasteiger charge is -2.35. The Morgan fingerprint density at radius 3 is 2.00 bits per heavy atom. The van der Waals surface area contributed by atoms with Crippen LogP contribution in [0.15, 0.2) is 24.3 Å². The zero-order valence-electron chi connectivity index (χ0n) is 32.8. The number of aromatic hydroxyl groups is 1. The van der Waals surface area contributed by atoms with Gasteiger partial charge in [-0.15, -0.1) is 0 Å². The highest BCUT2D eigenvalue weighted by molar-refractivity contribution is 5.98. The lowest BCUT2D eigenvalue weighted by atomic mass is 9.96. The SMILES string of the molecule is C[C@@H](O)[C@@H]1NC(=O)[C@@H](N)C[C@@H](O)[C@@H](OCCN)NC(=O)[C@@H]2[C@@H](O)CCN2C(=O)[C@H]([C@H](O)CCN)NC(=O)[C@H]([C@H](O)[C@@H](O)c2ccc(O)cc2)NC(=O)[C@@H]2C[C@@H](O)CN2C1=O. The first-order valence-corrected chi connectivity index (χ1v) is 19.5. The minimum atomic E-state index is -2.26. The number of carbonyl (C=O) groups is 6. The van der Waals surface area contributed by atoms with E-state index in [0.29, 0.717) is 0 Å². The topological polar surface area (TPSA) is 406 Å². The third-order valence-electron chi connectivity index (χ3n) is 10.6. The number of aliphatic hydroxyl groups excluding tert-OH is 7. The maximum Gasteiger partial charge on any atom is 0.248 e. The molecule has 24 heteroatoms. The summed E-state index contributed by atoms with van der Waals surface area (Å²) in [7, 11) is 0. The van der Waals surface area contributed by atoms with Crippen molar-refractivity contribution in [1.29, 1.82) is 0 Å². The molecule has 18 N–H and O–H groups in total. The van der Waals surface area contributed by atoms with Gasteiger partial charge in [0.2, 0.25) is 35.4 Å². The van der Waals surface area contributed by atoms with Crippen LogP contribution < -0.4 is 38.5 Å². The normalized spacial score (nSPS) is 32.4. The van der Waals surface area contributed by atoms with E-state index in [1.807, 2.05) is 0 Å². The quantitative estimate of drug-likeness (QED) is 0.104. The van der Waals surface area contributed by atoms with Crippen LogP contribution in [0.3, 0.4) is 0 Å². The Balaban J connectivity index is 1.84. The second-order valence-electron chi connectivity index (χ2n) is 15.1. The zero-order valence-corrected chi connectivity index (χ0v) is 32.8. The number of rotatable bonds is 10. The van der Waals surface area contributed by atoms with Crippen LogP contribution in [0.25, 0.3) is 0 Å². The monoisotopic (exact) mass is 855 g/mol. The predicted molar refractivity (Wildman–Crippen MR) is 204 cm³/mol. The Hall–Kier alpha value is -4.60. The number of phenols is 1. The van der Waals surface area contributed by atoms with Crippen molar-refractivity contribution in [3.8, 4) is 5.75 Å². The van der Waals surface area contributed by atoms with Gasteiger partial charge >= 0.3 is 0 Å². The van der Waals surface area contributed by atoms with Crippen LogP contribution in [0.2, 0.25) is 0 Å². The van der Waals surface area contributed by atoms with Gasteiger partial charge in [0.05, 0.1) is 37.1 Å². The summed E-state index contributed by atoms with van der Waals surface area (Å²) in [4.78, 5) is 85.3. The number of aliphatic hydroxyl groups is 7. The average molecular weight is 856 g/mol. The number of nitrogens with one attached hydrogen (secondary N) is 4. The fourth-order valence-electron chi connectivity index (χ4n) is 7.32. The summed E-state index contributed by atoms with van der Waals surface area (Å²) in [6.07, 6.45) is -15.5. The molecule has 60 heavy (non-hydrogen) atoms. The highest BCUT2D eigenvalue weighted by Crippen LogP contribution is 2.26. The first-order chi connectivity index (χ1) is 28.3. The van der Waals surface area contributed by atoms with Crippen molar-refractivity contribution in [2.24, 2.45) is 17.2 Å². The van der Waals surface area contributed by atoms with E-state index in [0.717, 1.165) is 28.9 Å². The van der Waals surface area contributed by atoms with Crippen molar-refractivity contribution in [2.45, 2.75) is 118 Å². The Morgan fingerprint density at radius 1 is 0.767 bits per heavy atom. The van der Waals surface area contributed by atoms with E-state index in [1.54, 1.807) is 0 Å². The van der Waals surface area contributed by atoms with Gasteiger partial charge in [-0.3, -0.25) is 28.8 Å². The van der Waals surface area contributed by atoms with Crippen LogP contribution in [-0.4, -0.2) is 198 Å². The highest BCUT2D eigenvalue weighted by Gasteiger charge is 2.48. The molecule has 1 aromatic rings. The Bertz CT molecular complexity index is 1680. The van der Waals surface area contributed by atoms with Crippen molar-refractivity contribution < 1.29 is 74.4 Å². The first-order valence-electron chi connectivity index (χ1n) is 19.5. The van der Waals surface area contributed by atoms with Crippen LogP contribution in [0, 0.1) is 0 Å². The Morgan fingerprint density at radius 2 is 1.38 bits per heavy atom. The molecule has 14 atom stereocenters. The predicted octanol–water partition coefficient (Wildman–Crippen LogP) is -8.24. The average Bonchev–Trinajstić information content (AvgIpc) is 3.80. The fraction of sp³-hybridized carbons (Fsp3) is 0.667. The number of benzene rings is 1. The highest BCUT2D eigenvalue weighted by atomic mass is 16.5. The molecule has 0 aromatic heterocycles. The summed E-state index contributed by atoms with van der Waals surface area (Å²) >= 11 is 0. The van der Waals surface area contributed by atoms with Crippen LogP contribution >= 0.6 is 0 Å². The zero-order chi connectivity index (χ0) is 44.6. The number of nitrogens with zero attached hydrogens (tertiary/aromatic N) is 2. The van der Waals surface area contributed by atoms with E-state index in [4.69, 9.17) is 21.9 Å². The summed E-state index contributed by atoms with van der Waals surface area (Å²) in [5.41, 5.74) is 17.3. The molecule has 0 unspecified atom stereocenters. The summed E-state index contributed by atoms with van der Waals surface area (Å²) in [5.74, 6) is -7.19. The first kappa shape index (κ1) is 48.1. The molecule has 0 aliphatic carbocycles. The number of carbonyl (C=O) groups excluding carboxylic acids is 6. The van der Waals surface area contributed by atoms with E-state index in [1.165, 1.54) is 12.1 Å². The van der Waals surface area contributed by atoms with Crippen LogP contribution in [0.5, 0.6) is 5.75 Å². The minimum Gasteiger partial charge on any atom is -0.508 e. The van der Waals surface area contributed by atoms with Gasteiger partial charge in [-0.25, -0.2) is 0 Å². The minimum absolute atomic E-state index is 0.0545. The van der Waals surface area contributed by atoms with Gasteiger partial charge < -0.3 is 93.9 Å². The second kappa shape index (κ2) is 21.3. The third kappa shape index (κ3) is 11.4. The van der Waals surface area contributed by atoms with Crippen molar-refractivity contribution in [3.05, 3.63) is 29.8 Å². The molecule has 3 aliphatic rings. The Labute approximate surface area is 344 Å². The maximum atomic E-state index is 14.3. The summed E-state index contributed by atoms with van der Waals surface area (Å²) < 4.78 is 5.52. The van der Waals surface area contributed by atoms with Crippen LogP contribution in [0.4, 0.5) is 0 Å². The van der Waals surface area contributed by atoms with Crippen LogP contribution in [-0.2, 0) is 33.5 Å². The number of nitrogens with two attached hydrogens (primary N) is 3. The fourth-order valence-corrected chi connectivity index (χ4v) is 7.32. The van der Waals surface area contributed by atoms with E-state index in [9.17, 15) is 69.6 Å². The molecule has 336 valence electrons. The summed E-state index contributed by atoms with van der Waals surface area (Å²) in [5, 5.41) is 96.2. The van der Waals surface area contributed by atoms with Gasteiger partial charge in [0, 0.05) is 32.5 Å². The van der Waals surface area contributed by atoms with Gasteiger partial charge in [-0.05, 0) is 44.0 Å². The third-order valence-corrected chi connectivity index (χ3v) is 10.6. The molecule has 0 bridgehead atoms. The lowest BCUT2D eigenvalue weighted by molar-refractivity contribution is -0.149. The molecule has 1 aromatic carbocycles. The number of hydrogen-bond acceptors (Lipinski definition) is 18. The molecular formula is C36H57N9O15. The van der Waals surface area contributed by atoms with Crippen molar-refractivity contribution in [1.82, 2.24) is 31.1 Å². The molecule has 0 radical (unpaired) electrons. The molecule has 4 rings (SSSR count). The number of ether oxygens (including phenoxy) is 1. The van der Waals surface area contributed by atoms with Gasteiger partial charge in [-0.1, -0.05) is 12.1 Å². The largest absolute Gasteiger partial charge is 0.508 e. The van der Waals surface area contributed by atoms with E-state index < -0.39 is 140 Å². The van der Waals surface area contributed by atoms with Gasteiger partial charge in [0.25, 0.3) is 0 Å². The van der Waals surface area contributed by atoms with Gasteiger partial charge in [0.15, 0.2) is 6.23 Å². The number of hydrogen-bond donors (Lipinski definition) is 15. The van der Waals surface area contributed by atoms with Gasteiger partial charge in [0.1, 0.15) is 54.3 Å². The smallest absolute Gasteiger partial charge is 0.248 e. The molecule has 6 amide bonds. The summed E-state index contributed by atoms with van der Waals surface area (Å²) in [6.45, 7) is -0.261. The molecule has 3 aliphatic heterocycles. The van der Waals surface area contributed by atoms with Gasteiger partial charge in [-0.2, -0.15) is 0 Å². The maximum absolute atomic E-state index is 14.3. The summed E-state index contributed by atoms with van der Waals surface area (Å²) in [6, 6.07) is -6.24.